The van der Waals surface area contributed by atoms with Crippen LogP contribution in [0.5, 0.6) is 5.75 Å². The Kier molecular flexibility index (Phi) is 9.07. The van der Waals surface area contributed by atoms with Crippen molar-refractivity contribution in [2.24, 2.45) is 0 Å². The molecule has 0 heterocycles. The maximum atomic E-state index is 13.6. The predicted molar refractivity (Wildman–Crippen MR) is 140 cm³/mol. The largest absolute Gasteiger partial charge is 0.483 e. The van der Waals surface area contributed by atoms with Crippen LogP contribution in [0.4, 0.5) is 0 Å². The molecule has 0 fully saturated rings. The lowest BCUT2D eigenvalue weighted by molar-refractivity contribution is -0.143. The van der Waals surface area contributed by atoms with Crippen LogP contribution >= 0.6 is 0 Å². The van der Waals surface area contributed by atoms with Crippen LogP contribution in [0.1, 0.15) is 41.7 Å². The van der Waals surface area contributed by atoms with E-state index in [0.717, 1.165) is 27.8 Å². The fraction of sp³-hybridized carbons (Fsp3) is 0.333. The molecule has 0 spiro atoms. The third-order valence-corrected chi connectivity index (χ3v) is 5.86. The van der Waals surface area contributed by atoms with Crippen LogP contribution in [0, 0.1) is 20.8 Å². The van der Waals surface area contributed by atoms with Crippen LogP contribution in [-0.2, 0) is 22.6 Å². The van der Waals surface area contributed by atoms with Gasteiger partial charge in [-0.15, -0.1) is 0 Å². The van der Waals surface area contributed by atoms with Crippen molar-refractivity contribution in [3.63, 3.8) is 0 Å². The molecule has 0 radical (unpaired) electrons. The van der Waals surface area contributed by atoms with Crippen molar-refractivity contribution in [3.8, 4) is 5.75 Å². The smallest absolute Gasteiger partial charge is 0.261 e. The van der Waals surface area contributed by atoms with Gasteiger partial charge in [0.2, 0.25) is 5.91 Å². The molecule has 35 heavy (non-hydrogen) atoms. The first-order valence-corrected chi connectivity index (χ1v) is 12.1. The number of benzene rings is 3. The Morgan fingerprint density at radius 2 is 1.51 bits per heavy atom. The average Bonchev–Trinajstić information content (AvgIpc) is 2.82. The van der Waals surface area contributed by atoms with E-state index in [1.54, 1.807) is 4.90 Å². The number of carbonyl (C=O) groups excluding carboxylic acids is 2. The molecular formula is C30H36N2O3. The Balaban J connectivity index is 1.91. The molecule has 184 valence electrons. The zero-order chi connectivity index (χ0) is 25.4. The van der Waals surface area contributed by atoms with Crippen molar-refractivity contribution in [2.45, 2.75) is 59.7 Å². The molecule has 1 N–H and O–H groups in total. The Morgan fingerprint density at radius 3 is 2.14 bits per heavy atom. The van der Waals surface area contributed by atoms with E-state index in [1.807, 2.05) is 107 Å². The molecule has 5 heteroatoms. The highest BCUT2D eigenvalue weighted by molar-refractivity contribution is 5.88. The zero-order valence-corrected chi connectivity index (χ0v) is 21.4. The second-order valence-electron chi connectivity index (χ2n) is 9.43. The van der Waals surface area contributed by atoms with Gasteiger partial charge >= 0.3 is 0 Å². The van der Waals surface area contributed by atoms with E-state index < -0.39 is 6.04 Å². The third kappa shape index (κ3) is 7.71. The fourth-order valence-electron chi connectivity index (χ4n) is 4.01. The summed E-state index contributed by atoms with van der Waals surface area (Å²) in [4.78, 5) is 28.6. The molecule has 0 aromatic heterocycles. The molecule has 0 bridgehead atoms. The lowest BCUT2D eigenvalue weighted by Gasteiger charge is -2.32. The highest BCUT2D eigenvalue weighted by atomic mass is 16.5. The van der Waals surface area contributed by atoms with Crippen LogP contribution in [-0.4, -0.2) is 35.4 Å². The van der Waals surface area contributed by atoms with Gasteiger partial charge in [0.25, 0.3) is 5.91 Å². The molecule has 5 nitrogen and oxygen atoms in total. The number of hydrogen-bond donors (Lipinski definition) is 1. The summed E-state index contributed by atoms with van der Waals surface area (Å²) < 4.78 is 5.93. The number of nitrogens with zero attached hydrogens (tertiary/aromatic N) is 1. The first-order chi connectivity index (χ1) is 16.7. The number of aryl methyl sites for hydroxylation is 3. The summed E-state index contributed by atoms with van der Waals surface area (Å²) in [5.41, 5.74) is 5.21. The molecule has 0 saturated heterocycles. The van der Waals surface area contributed by atoms with Crippen LogP contribution in [0.3, 0.4) is 0 Å². The summed E-state index contributed by atoms with van der Waals surface area (Å²) in [6.45, 7) is 10.0. The van der Waals surface area contributed by atoms with Crippen molar-refractivity contribution in [2.75, 3.05) is 6.61 Å². The molecule has 3 aromatic carbocycles. The highest BCUT2D eigenvalue weighted by Crippen LogP contribution is 2.20. The molecule has 2 amide bonds. The average molecular weight is 473 g/mol. The lowest BCUT2D eigenvalue weighted by Crippen LogP contribution is -2.52. The number of amides is 2. The molecule has 0 aliphatic heterocycles. The molecular weight excluding hydrogens is 436 g/mol. The Labute approximate surface area is 209 Å². The number of ether oxygens (including phenoxy) is 1. The normalized spacial score (nSPS) is 11.7. The van der Waals surface area contributed by atoms with Gasteiger partial charge in [0.05, 0.1) is 0 Å². The van der Waals surface area contributed by atoms with Crippen LogP contribution in [0.15, 0.2) is 72.8 Å². The first-order valence-electron chi connectivity index (χ1n) is 12.1. The topological polar surface area (TPSA) is 58.6 Å². The van der Waals surface area contributed by atoms with Crippen LogP contribution in [0.25, 0.3) is 0 Å². The summed E-state index contributed by atoms with van der Waals surface area (Å²) in [6, 6.07) is 23.0. The minimum absolute atomic E-state index is 0.0384. The van der Waals surface area contributed by atoms with E-state index in [2.05, 4.69) is 5.32 Å². The van der Waals surface area contributed by atoms with Gasteiger partial charge in [-0.25, -0.2) is 0 Å². The Bertz CT molecular complexity index is 1120. The Hall–Kier alpha value is -3.60. The number of nitrogens with one attached hydrogen (secondary N) is 1. The number of hydrogen-bond acceptors (Lipinski definition) is 3. The molecule has 1 atom stereocenters. The van der Waals surface area contributed by atoms with E-state index in [1.165, 1.54) is 0 Å². The molecule has 0 unspecified atom stereocenters. The van der Waals surface area contributed by atoms with Crippen molar-refractivity contribution < 1.29 is 14.3 Å². The summed E-state index contributed by atoms with van der Waals surface area (Å²) in [7, 11) is 0. The standard InChI is InChI=1S/C30H36N2O3/c1-21(2)31-30(34)27(18-25-9-7-6-8-10-25)32(19-26-14-11-22(3)12-15-26)29(33)20-35-28-16-13-23(4)17-24(28)5/h6-17,21,27H,18-20H2,1-5H3,(H,31,34)/t27-/m1/s1. The first kappa shape index (κ1) is 26.0. The van der Waals surface area contributed by atoms with Gasteiger partial charge in [-0.3, -0.25) is 9.59 Å². The molecule has 3 rings (SSSR count). The van der Waals surface area contributed by atoms with Gasteiger partial charge in [-0.2, -0.15) is 0 Å². The minimum Gasteiger partial charge on any atom is -0.483 e. The van der Waals surface area contributed by atoms with E-state index in [-0.39, 0.29) is 24.5 Å². The van der Waals surface area contributed by atoms with Crippen molar-refractivity contribution in [1.82, 2.24) is 10.2 Å². The summed E-state index contributed by atoms with van der Waals surface area (Å²) >= 11 is 0. The van der Waals surface area contributed by atoms with E-state index in [0.29, 0.717) is 18.7 Å². The minimum atomic E-state index is -0.670. The lowest BCUT2D eigenvalue weighted by atomic mass is 10.0. The third-order valence-electron chi connectivity index (χ3n) is 5.86. The fourth-order valence-corrected chi connectivity index (χ4v) is 4.01. The SMILES string of the molecule is Cc1ccc(CN(C(=O)COc2ccc(C)cc2C)[C@H](Cc2ccccc2)C(=O)NC(C)C)cc1. The van der Waals surface area contributed by atoms with Crippen LogP contribution in [0.2, 0.25) is 0 Å². The van der Waals surface area contributed by atoms with E-state index in [9.17, 15) is 9.59 Å². The zero-order valence-electron chi connectivity index (χ0n) is 21.4. The van der Waals surface area contributed by atoms with Gasteiger partial charge in [-0.05, 0) is 57.4 Å². The Morgan fingerprint density at radius 1 is 0.857 bits per heavy atom. The summed E-state index contributed by atoms with van der Waals surface area (Å²) in [6.07, 6.45) is 0.417. The summed E-state index contributed by atoms with van der Waals surface area (Å²) in [5.74, 6) is 0.270. The number of rotatable bonds is 10. The maximum absolute atomic E-state index is 13.6. The van der Waals surface area contributed by atoms with Gasteiger partial charge in [-0.1, -0.05) is 77.9 Å². The van der Waals surface area contributed by atoms with Crippen molar-refractivity contribution >= 4 is 11.8 Å². The quantitative estimate of drug-likeness (QED) is 0.444. The molecule has 0 saturated carbocycles. The van der Waals surface area contributed by atoms with Crippen molar-refractivity contribution in [3.05, 3.63) is 101 Å². The van der Waals surface area contributed by atoms with Gasteiger partial charge < -0.3 is 15.0 Å². The molecule has 0 aliphatic rings. The maximum Gasteiger partial charge on any atom is 0.261 e. The van der Waals surface area contributed by atoms with Crippen LogP contribution < -0.4 is 10.1 Å². The van der Waals surface area contributed by atoms with Crippen molar-refractivity contribution in [1.29, 1.82) is 0 Å². The van der Waals surface area contributed by atoms with Gasteiger partial charge in [0.15, 0.2) is 6.61 Å². The highest BCUT2D eigenvalue weighted by Gasteiger charge is 2.31. The molecule has 0 aliphatic carbocycles. The summed E-state index contributed by atoms with van der Waals surface area (Å²) in [5, 5.41) is 3.01. The van der Waals surface area contributed by atoms with Gasteiger partial charge in [0, 0.05) is 19.0 Å². The second-order valence-corrected chi connectivity index (χ2v) is 9.43. The number of carbonyl (C=O) groups is 2. The van der Waals surface area contributed by atoms with E-state index in [4.69, 9.17) is 4.74 Å². The van der Waals surface area contributed by atoms with Gasteiger partial charge in [0.1, 0.15) is 11.8 Å². The monoisotopic (exact) mass is 472 g/mol. The van der Waals surface area contributed by atoms with E-state index >= 15 is 0 Å². The molecule has 3 aromatic rings. The second kappa shape index (κ2) is 12.2. The predicted octanol–water partition coefficient (Wildman–Crippen LogP) is 5.16.